The van der Waals surface area contributed by atoms with Crippen molar-refractivity contribution in [3.8, 4) is 34.1 Å². The number of benzene rings is 4. The highest BCUT2D eigenvalue weighted by atomic mass is 16.5. The monoisotopic (exact) mass is 646 g/mol. The third kappa shape index (κ3) is 6.26. The molecule has 0 spiro atoms. The molecular formula is C44H46N4O. The van der Waals surface area contributed by atoms with Gasteiger partial charge in [-0.1, -0.05) is 91.3 Å². The van der Waals surface area contributed by atoms with E-state index in [9.17, 15) is 0 Å². The molecule has 3 heterocycles. The lowest BCUT2D eigenvalue weighted by atomic mass is 9.73. The fourth-order valence-electron chi connectivity index (χ4n) is 6.95. The Hall–Kier alpha value is -5.16. The van der Waals surface area contributed by atoms with Crippen LogP contribution in [-0.2, 0) is 17.3 Å². The Morgan fingerprint density at radius 3 is 2.14 bits per heavy atom. The molecule has 3 aromatic heterocycles. The van der Waals surface area contributed by atoms with Crippen molar-refractivity contribution in [2.75, 3.05) is 0 Å². The number of nitrogens with zero attached hydrogens (tertiary/aromatic N) is 4. The summed E-state index contributed by atoms with van der Waals surface area (Å²) in [7, 11) is 0. The minimum Gasteiger partial charge on any atom is -0.457 e. The number of pyridine rings is 1. The van der Waals surface area contributed by atoms with Crippen LogP contribution in [0.2, 0.25) is 0 Å². The van der Waals surface area contributed by atoms with Crippen LogP contribution in [0, 0.1) is 6.92 Å². The quantitative estimate of drug-likeness (QED) is 0.173. The SMILES string of the molecule is CCCc1cc(C(C)(C)C)c(-c2cnn(-c3cccc(Oc4ccc5c6ccccc6n(-c6cc(C)ccn6)c5c4)c3)c2)c(C(C)(C)C)c1. The second-order valence-electron chi connectivity index (χ2n) is 15.3. The maximum atomic E-state index is 6.54. The van der Waals surface area contributed by atoms with E-state index in [1.807, 2.05) is 41.3 Å². The fraction of sp³-hybridized carbons (Fsp3) is 0.273. The first-order valence-corrected chi connectivity index (χ1v) is 17.4. The van der Waals surface area contributed by atoms with Gasteiger partial charge in [-0.3, -0.25) is 4.57 Å². The Morgan fingerprint density at radius 1 is 0.714 bits per heavy atom. The Kier molecular flexibility index (Phi) is 8.18. The summed E-state index contributed by atoms with van der Waals surface area (Å²) in [5.74, 6) is 2.41. The third-order valence-corrected chi connectivity index (χ3v) is 9.32. The van der Waals surface area contributed by atoms with Crippen LogP contribution in [0.25, 0.3) is 44.4 Å². The highest BCUT2D eigenvalue weighted by Crippen LogP contribution is 2.42. The molecule has 248 valence electrons. The Labute approximate surface area is 290 Å². The molecule has 0 aliphatic rings. The summed E-state index contributed by atoms with van der Waals surface area (Å²) in [4.78, 5) is 4.73. The first kappa shape index (κ1) is 32.4. The van der Waals surface area contributed by atoms with Crippen LogP contribution in [0.3, 0.4) is 0 Å². The largest absolute Gasteiger partial charge is 0.457 e. The molecule has 0 bridgehead atoms. The molecule has 0 fully saturated rings. The lowest BCUT2D eigenvalue weighted by molar-refractivity contribution is 0.483. The highest BCUT2D eigenvalue weighted by Gasteiger charge is 2.28. The predicted molar refractivity (Wildman–Crippen MR) is 204 cm³/mol. The van der Waals surface area contributed by atoms with Crippen LogP contribution < -0.4 is 4.74 Å². The van der Waals surface area contributed by atoms with Crippen LogP contribution in [0.5, 0.6) is 11.5 Å². The van der Waals surface area contributed by atoms with Crippen LogP contribution in [0.15, 0.2) is 110 Å². The predicted octanol–water partition coefficient (Wildman–Crippen LogP) is 11.7. The molecule has 0 radical (unpaired) electrons. The van der Waals surface area contributed by atoms with Gasteiger partial charge in [-0.25, -0.2) is 9.67 Å². The van der Waals surface area contributed by atoms with Gasteiger partial charge in [-0.15, -0.1) is 0 Å². The summed E-state index contributed by atoms with van der Waals surface area (Å²) >= 11 is 0. The van der Waals surface area contributed by atoms with E-state index in [1.165, 1.54) is 33.2 Å². The van der Waals surface area contributed by atoms with E-state index < -0.39 is 0 Å². The molecule has 5 nitrogen and oxygen atoms in total. The highest BCUT2D eigenvalue weighted by molar-refractivity contribution is 6.09. The van der Waals surface area contributed by atoms with E-state index in [-0.39, 0.29) is 10.8 Å². The van der Waals surface area contributed by atoms with Crippen LogP contribution in [-0.4, -0.2) is 19.3 Å². The molecule has 0 atom stereocenters. The molecule has 4 aromatic carbocycles. The number of hydrogen-bond donors (Lipinski definition) is 0. The normalized spacial score (nSPS) is 12.2. The smallest absolute Gasteiger partial charge is 0.137 e. The summed E-state index contributed by atoms with van der Waals surface area (Å²) in [5, 5.41) is 7.24. The van der Waals surface area contributed by atoms with Crippen LogP contribution in [0.1, 0.15) is 77.1 Å². The maximum Gasteiger partial charge on any atom is 0.137 e. The molecule has 0 N–H and O–H groups in total. The summed E-state index contributed by atoms with van der Waals surface area (Å²) in [6, 6.07) is 31.9. The van der Waals surface area contributed by atoms with Crippen molar-refractivity contribution in [1.29, 1.82) is 0 Å². The summed E-state index contributed by atoms with van der Waals surface area (Å²) in [5.41, 5.74) is 10.8. The van der Waals surface area contributed by atoms with E-state index in [4.69, 9.17) is 14.8 Å². The number of rotatable bonds is 7. The third-order valence-electron chi connectivity index (χ3n) is 9.32. The number of ether oxygens (including phenoxy) is 1. The molecule has 0 saturated carbocycles. The molecule has 0 saturated heterocycles. The van der Waals surface area contributed by atoms with Crippen molar-refractivity contribution in [1.82, 2.24) is 19.3 Å². The number of para-hydroxylation sites is 1. The van der Waals surface area contributed by atoms with E-state index in [1.54, 1.807) is 0 Å². The molecule has 7 aromatic rings. The van der Waals surface area contributed by atoms with Crippen molar-refractivity contribution in [3.63, 3.8) is 0 Å². The van der Waals surface area contributed by atoms with Gasteiger partial charge in [0.05, 0.1) is 22.9 Å². The van der Waals surface area contributed by atoms with Crippen molar-refractivity contribution in [2.45, 2.75) is 79.1 Å². The number of aryl methyl sites for hydroxylation is 2. The summed E-state index contributed by atoms with van der Waals surface area (Å²) < 4.78 is 10.7. The van der Waals surface area contributed by atoms with Gasteiger partial charge < -0.3 is 4.74 Å². The van der Waals surface area contributed by atoms with E-state index in [0.717, 1.165) is 57.8 Å². The Bertz CT molecular complexity index is 2270. The minimum atomic E-state index is -0.0167. The zero-order chi connectivity index (χ0) is 34.5. The van der Waals surface area contributed by atoms with Crippen molar-refractivity contribution >= 4 is 21.8 Å². The first-order chi connectivity index (χ1) is 23.4. The molecule has 0 unspecified atom stereocenters. The standard InChI is InChI=1S/C44H46N4O/c1-9-13-30-23-37(43(3,4)5)42(38(24-30)44(6,7)8)31-27-46-47(28-31)32-14-12-15-33(25-32)49-34-18-19-36-35-16-10-11-17-39(35)48(40(36)26-34)41-22-29(2)20-21-45-41/h10-12,14-28H,9,13H2,1-8H3. The van der Waals surface area contributed by atoms with E-state index in [0.29, 0.717) is 0 Å². The zero-order valence-electron chi connectivity index (χ0n) is 30.0. The average molecular weight is 647 g/mol. The molecular weight excluding hydrogens is 601 g/mol. The Morgan fingerprint density at radius 2 is 1.43 bits per heavy atom. The fourth-order valence-corrected chi connectivity index (χ4v) is 6.95. The lowest BCUT2D eigenvalue weighted by Gasteiger charge is -2.31. The molecule has 0 aliphatic carbocycles. The summed E-state index contributed by atoms with van der Waals surface area (Å²) in [6.07, 6.45) is 8.25. The van der Waals surface area contributed by atoms with Crippen LogP contribution in [0.4, 0.5) is 0 Å². The summed E-state index contributed by atoms with van der Waals surface area (Å²) in [6.45, 7) is 18.2. The van der Waals surface area contributed by atoms with Crippen LogP contribution >= 0.6 is 0 Å². The van der Waals surface area contributed by atoms with Gasteiger partial charge >= 0.3 is 0 Å². The second kappa shape index (κ2) is 12.4. The van der Waals surface area contributed by atoms with Gasteiger partial charge in [-0.05, 0) is 94.5 Å². The zero-order valence-corrected chi connectivity index (χ0v) is 30.0. The van der Waals surface area contributed by atoms with E-state index >= 15 is 0 Å². The van der Waals surface area contributed by atoms with Gasteiger partial charge in [-0.2, -0.15) is 5.10 Å². The average Bonchev–Trinajstić information content (AvgIpc) is 3.67. The molecule has 7 rings (SSSR count). The molecule has 0 aliphatic heterocycles. The molecule has 0 amide bonds. The van der Waals surface area contributed by atoms with E-state index in [2.05, 4.69) is 133 Å². The maximum absolute atomic E-state index is 6.54. The van der Waals surface area contributed by atoms with Gasteiger partial charge in [0.1, 0.15) is 17.3 Å². The number of aromatic nitrogens is 4. The van der Waals surface area contributed by atoms with Crippen molar-refractivity contribution in [2.24, 2.45) is 0 Å². The first-order valence-electron chi connectivity index (χ1n) is 17.4. The topological polar surface area (TPSA) is 44.9 Å². The van der Waals surface area contributed by atoms with Gasteiger partial charge in [0.2, 0.25) is 0 Å². The Balaban J connectivity index is 1.26. The van der Waals surface area contributed by atoms with Gasteiger partial charge in [0.15, 0.2) is 0 Å². The number of fused-ring (bicyclic) bond motifs is 3. The molecule has 5 heteroatoms. The van der Waals surface area contributed by atoms with Gasteiger partial charge in [0, 0.05) is 40.9 Å². The van der Waals surface area contributed by atoms with Crippen molar-refractivity contribution in [3.05, 3.63) is 132 Å². The van der Waals surface area contributed by atoms with Gasteiger partial charge in [0.25, 0.3) is 0 Å². The lowest BCUT2D eigenvalue weighted by Crippen LogP contribution is -2.20. The van der Waals surface area contributed by atoms with Crippen molar-refractivity contribution < 1.29 is 4.74 Å². The second-order valence-corrected chi connectivity index (χ2v) is 15.3. The minimum absolute atomic E-state index is 0.0167. The molecule has 49 heavy (non-hydrogen) atoms. The number of hydrogen-bond acceptors (Lipinski definition) is 3.